The van der Waals surface area contributed by atoms with Crippen molar-refractivity contribution < 1.29 is 9.47 Å². The van der Waals surface area contributed by atoms with Gasteiger partial charge in [-0.15, -0.1) is 11.3 Å². The molecule has 5 nitrogen and oxygen atoms in total. The molecule has 0 spiro atoms. The summed E-state index contributed by atoms with van der Waals surface area (Å²) in [5, 5.41) is 3.21. The van der Waals surface area contributed by atoms with Crippen LogP contribution in [0.15, 0.2) is 39.6 Å². The summed E-state index contributed by atoms with van der Waals surface area (Å²) in [7, 11) is 3.28. The minimum absolute atomic E-state index is 0.117. The molecule has 2 heterocycles. The van der Waals surface area contributed by atoms with Gasteiger partial charge < -0.3 is 14.5 Å². The lowest BCUT2D eigenvalue weighted by molar-refractivity contribution is 0.218. The van der Waals surface area contributed by atoms with Gasteiger partial charge in [-0.3, -0.25) is 4.79 Å². The number of thioether (sulfide) groups is 1. The van der Waals surface area contributed by atoms with Gasteiger partial charge in [-0.1, -0.05) is 23.9 Å². The Kier molecular flexibility index (Phi) is 5.00. The van der Waals surface area contributed by atoms with Crippen LogP contribution in [0.25, 0.3) is 21.3 Å². The molecule has 0 bridgehead atoms. The summed E-state index contributed by atoms with van der Waals surface area (Å²) >= 11 is 2.95. The van der Waals surface area contributed by atoms with Crippen LogP contribution in [0.3, 0.4) is 0 Å². The van der Waals surface area contributed by atoms with Crippen LogP contribution in [0.1, 0.15) is 0 Å². The molecule has 1 aromatic carbocycles. The average Bonchev–Trinajstić information content (AvgIpc) is 3.00. The third-order valence-corrected chi connectivity index (χ3v) is 5.04. The molecule has 0 saturated carbocycles. The molecule has 0 atom stereocenters. The van der Waals surface area contributed by atoms with E-state index in [2.05, 4.69) is 9.97 Å². The number of hydrogen-bond donors (Lipinski definition) is 1. The Labute approximate surface area is 141 Å². The first-order chi connectivity index (χ1) is 11.2. The third kappa shape index (κ3) is 3.41. The van der Waals surface area contributed by atoms with E-state index in [1.54, 1.807) is 14.2 Å². The molecular weight excluding hydrogens is 332 g/mol. The predicted octanol–water partition coefficient (Wildman–Crippen LogP) is 3.40. The Morgan fingerprint density at radius 2 is 2.22 bits per heavy atom. The fraction of sp³-hybridized carbons (Fsp3) is 0.250. The summed E-state index contributed by atoms with van der Waals surface area (Å²) < 4.78 is 10.3. The molecule has 0 aliphatic heterocycles. The van der Waals surface area contributed by atoms with Gasteiger partial charge in [0.1, 0.15) is 10.6 Å². The van der Waals surface area contributed by atoms with E-state index in [9.17, 15) is 4.79 Å². The minimum Gasteiger partial charge on any atom is -0.497 e. The number of benzene rings is 1. The molecule has 0 saturated heterocycles. The van der Waals surface area contributed by atoms with Crippen molar-refractivity contribution in [3.63, 3.8) is 0 Å². The number of ether oxygens (including phenoxy) is 2. The average molecular weight is 348 g/mol. The summed E-state index contributed by atoms with van der Waals surface area (Å²) in [4.78, 5) is 20.6. The van der Waals surface area contributed by atoms with Crippen molar-refractivity contribution in [2.24, 2.45) is 0 Å². The largest absolute Gasteiger partial charge is 0.497 e. The first kappa shape index (κ1) is 16.0. The number of aromatic amines is 1. The Morgan fingerprint density at radius 3 is 3.00 bits per heavy atom. The van der Waals surface area contributed by atoms with Crippen molar-refractivity contribution in [1.29, 1.82) is 0 Å². The normalized spacial score (nSPS) is 11.0. The number of nitrogens with zero attached hydrogens (tertiary/aromatic N) is 1. The van der Waals surface area contributed by atoms with E-state index < -0.39 is 0 Å². The van der Waals surface area contributed by atoms with Crippen LogP contribution in [0.5, 0.6) is 5.75 Å². The smallest absolute Gasteiger partial charge is 0.260 e. The van der Waals surface area contributed by atoms with Crippen LogP contribution < -0.4 is 10.3 Å². The van der Waals surface area contributed by atoms with Crippen molar-refractivity contribution >= 4 is 33.3 Å². The number of aromatic nitrogens is 2. The summed E-state index contributed by atoms with van der Waals surface area (Å²) in [5.41, 5.74) is 1.71. The van der Waals surface area contributed by atoms with E-state index in [-0.39, 0.29) is 5.56 Å². The van der Waals surface area contributed by atoms with Gasteiger partial charge in [0.05, 0.1) is 19.1 Å². The fourth-order valence-corrected chi connectivity index (χ4v) is 3.99. The number of thiophene rings is 1. The lowest BCUT2D eigenvalue weighted by Crippen LogP contribution is -2.09. The quantitative estimate of drug-likeness (QED) is 0.420. The first-order valence-electron chi connectivity index (χ1n) is 7.00. The summed E-state index contributed by atoms with van der Waals surface area (Å²) in [5.74, 6) is 1.51. The standard InChI is InChI=1S/C16H16N2O3S2/c1-20-6-7-22-16-17-14(19)13-12(9-23-15(13)18-16)10-4-3-5-11(8-10)21-2/h3-5,8-9H,6-7H2,1-2H3,(H,17,18,19). The SMILES string of the molecule is COCCSc1nc2scc(-c3cccc(OC)c3)c2c(=O)[nH]1. The highest BCUT2D eigenvalue weighted by atomic mass is 32.2. The Hall–Kier alpha value is -1.83. The second kappa shape index (κ2) is 7.16. The number of rotatable bonds is 6. The minimum atomic E-state index is -0.117. The summed E-state index contributed by atoms with van der Waals surface area (Å²) in [6.07, 6.45) is 0. The van der Waals surface area contributed by atoms with Gasteiger partial charge in [0.2, 0.25) is 0 Å². The van der Waals surface area contributed by atoms with E-state index in [1.807, 2.05) is 29.6 Å². The molecule has 23 heavy (non-hydrogen) atoms. The van der Waals surface area contributed by atoms with Crippen LogP contribution in [0.2, 0.25) is 0 Å². The number of fused-ring (bicyclic) bond motifs is 1. The molecule has 0 aliphatic rings. The van der Waals surface area contributed by atoms with Crippen LogP contribution in [-0.4, -0.2) is 36.5 Å². The topological polar surface area (TPSA) is 64.2 Å². The lowest BCUT2D eigenvalue weighted by atomic mass is 10.1. The van der Waals surface area contributed by atoms with Crippen molar-refractivity contribution in [2.75, 3.05) is 26.6 Å². The summed E-state index contributed by atoms with van der Waals surface area (Å²) in [6, 6.07) is 7.67. The van der Waals surface area contributed by atoms with Gasteiger partial charge in [0.15, 0.2) is 5.16 Å². The maximum absolute atomic E-state index is 12.5. The molecule has 0 fully saturated rings. The zero-order valence-electron chi connectivity index (χ0n) is 12.8. The lowest BCUT2D eigenvalue weighted by Gasteiger charge is -2.04. The second-order valence-electron chi connectivity index (χ2n) is 4.77. The maximum atomic E-state index is 12.5. The predicted molar refractivity (Wildman–Crippen MR) is 94.8 cm³/mol. The van der Waals surface area contributed by atoms with Crippen LogP contribution in [0.4, 0.5) is 0 Å². The molecule has 2 aromatic heterocycles. The van der Waals surface area contributed by atoms with Crippen molar-refractivity contribution in [1.82, 2.24) is 9.97 Å². The molecule has 0 aliphatic carbocycles. The number of hydrogen-bond acceptors (Lipinski definition) is 6. The van der Waals surface area contributed by atoms with E-state index in [0.717, 1.165) is 27.5 Å². The zero-order chi connectivity index (χ0) is 16.2. The zero-order valence-corrected chi connectivity index (χ0v) is 14.4. The van der Waals surface area contributed by atoms with Crippen LogP contribution in [-0.2, 0) is 4.74 Å². The Bertz CT molecular complexity index is 873. The molecule has 3 rings (SSSR count). The van der Waals surface area contributed by atoms with Gasteiger partial charge in [-0.2, -0.15) is 0 Å². The van der Waals surface area contributed by atoms with Crippen molar-refractivity contribution in [3.8, 4) is 16.9 Å². The highest BCUT2D eigenvalue weighted by molar-refractivity contribution is 7.99. The Morgan fingerprint density at radius 1 is 1.35 bits per heavy atom. The van der Waals surface area contributed by atoms with Gasteiger partial charge in [-0.25, -0.2) is 4.98 Å². The van der Waals surface area contributed by atoms with E-state index >= 15 is 0 Å². The number of methoxy groups -OCH3 is 2. The molecule has 0 amide bonds. The van der Waals surface area contributed by atoms with Gasteiger partial charge in [0.25, 0.3) is 5.56 Å². The fourth-order valence-electron chi connectivity index (χ4n) is 2.22. The van der Waals surface area contributed by atoms with Gasteiger partial charge in [-0.05, 0) is 17.7 Å². The molecule has 7 heteroatoms. The molecule has 0 unspecified atom stereocenters. The molecule has 3 aromatic rings. The van der Waals surface area contributed by atoms with Crippen molar-refractivity contribution in [3.05, 3.63) is 40.0 Å². The summed E-state index contributed by atoms with van der Waals surface area (Å²) in [6.45, 7) is 0.617. The van der Waals surface area contributed by atoms with Gasteiger partial charge in [0, 0.05) is 23.8 Å². The monoisotopic (exact) mass is 348 g/mol. The van der Waals surface area contributed by atoms with Gasteiger partial charge >= 0.3 is 0 Å². The molecule has 0 radical (unpaired) electrons. The molecule has 120 valence electrons. The van der Waals surface area contributed by atoms with E-state index in [4.69, 9.17) is 9.47 Å². The third-order valence-electron chi connectivity index (χ3n) is 3.33. The Balaban J connectivity index is 2.02. The first-order valence-corrected chi connectivity index (χ1v) is 8.87. The van der Waals surface area contributed by atoms with Crippen LogP contribution in [0, 0.1) is 0 Å². The van der Waals surface area contributed by atoms with Crippen LogP contribution >= 0.6 is 23.1 Å². The van der Waals surface area contributed by atoms with E-state index in [1.165, 1.54) is 23.1 Å². The molecule has 1 N–H and O–H groups in total. The van der Waals surface area contributed by atoms with E-state index in [0.29, 0.717) is 17.1 Å². The number of H-pyrrole nitrogens is 1. The molecular formula is C16H16N2O3S2. The number of nitrogens with one attached hydrogen (secondary N) is 1. The van der Waals surface area contributed by atoms with Crippen molar-refractivity contribution in [2.45, 2.75) is 5.16 Å². The second-order valence-corrected chi connectivity index (χ2v) is 6.72. The maximum Gasteiger partial charge on any atom is 0.260 e. The highest BCUT2D eigenvalue weighted by Gasteiger charge is 2.13. The highest BCUT2D eigenvalue weighted by Crippen LogP contribution is 2.33.